The number of aromatic nitrogens is 4. The van der Waals surface area contributed by atoms with Crippen LogP contribution >= 0.6 is 11.3 Å². The lowest BCUT2D eigenvalue weighted by Crippen LogP contribution is -2.18. The third-order valence-electron chi connectivity index (χ3n) is 3.30. The van der Waals surface area contributed by atoms with Gasteiger partial charge in [0.15, 0.2) is 0 Å². The molecule has 0 unspecified atom stereocenters. The fourth-order valence-corrected chi connectivity index (χ4v) is 3.07. The molecular weight excluding hydrogens is 322 g/mol. The monoisotopic (exact) mass is 341 g/mol. The molecule has 7 heteroatoms. The SMILES string of the molecule is CC(C)Cn1nccc1NC(=O)Cc1csc(-c2ccccn2)n1. The molecule has 3 rings (SSSR count). The number of carbonyl (C=O) groups is 1. The molecule has 0 fully saturated rings. The second-order valence-electron chi connectivity index (χ2n) is 5.88. The molecule has 1 amide bonds. The van der Waals surface area contributed by atoms with Gasteiger partial charge in [0.05, 0.1) is 24.0 Å². The quantitative estimate of drug-likeness (QED) is 0.747. The Morgan fingerprint density at radius 1 is 1.29 bits per heavy atom. The van der Waals surface area contributed by atoms with Crippen molar-refractivity contribution >= 4 is 23.1 Å². The van der Waals surface area contributed by atoms with Crippen molar-refractivity contribution in [2.24, 2.45) is 5.92 Å². The molecule has 0 saturated heterocycles. The van der Waals surface area contributed by atoms with E-state index >= 15 is 0 Å². The van der Waals surface area contributed by atoms with Gasteiger partial charge in [-0.25, -0.2) is 9.67 Å². The fraction of sp³-hybridized carbons (Fsp3) is 0.294. The standard InChI is InChI=1S/C17H19N5OS/c1-12(2)10-22-15(6-8-19-22)21-16(23)9-13-11-24-17(20-13)14-5-3-4-7-18-14/h3-8,11-12H,9-10H2,1-2H3,(H,21,23). The second-order valence-corrected chi connectivity index (χ2v) is 6.73. The number of hydrogen-bond acceptors (Lipinski definition) is 5. The van der Waals surface area contributed by atoms with Crippen molar-refractivity contribution in [2.75, 3.05) is 5.32 Å². The zero-order chi connectivity index (χ0) is 16.9. The molecule has 0 aliphatic rings. The van der Waals surface area contributed by atoms with Crippen LogP contribution in [0, 0.1) is 5.92 Å². The van der Waals surface area contributed by atoms with Crippen LogP contribution in [0.1, 0.15) is 19.5 Å². The first-order valence-corrected chi connectivity index (χ1v) is 8.67. The van der Waals surface area contributed by atoms with Gasteiger partial charge in [-0.1, -0.05) is 19.9 Å². The number of hydrogen-bond donors (Lipinski definition) is 1. The lowest BCUT2D eigenvalue weighted by Gasteiger charge is -2.10. The first-order valence-electron chi connectivity index (χ1n) is 7.79. The minimum Gasteiger partial charge on any atom is -0.311 e. The Hall–Kier alpha value is -2.54. The highest BCUT2D eigenvalue weighted by molar-refractivity contribution is 7.13. The molecule has 0 aromatic carbocycles. The molecule has 3 aromatic heterocycles. The summed E-state index contributed by atoms with van der Waals surface area (Å²) < 4.78 is 1.81. The average molecular weight is 341 g/mol. The molecule has 3 aromatic rings. The van der Waals surface area contributed by atoms with Gasteiger partial charge in [0, 0.05) is 24.2 Å². The summed E-state index contributed by atoms with van der Waals surface area (Å²) in [5.41, 5.74) is 1.57. The molecule has 0 radical (unpaired) electrons. The Kier molecular flexibility index (Phi) is 5.00. The van der Waals surface area contributed by atoms with E-state index < -0.39 is 0 Å². The summed E-state index contributed by atoms with van der Waals surface area (Å²) in [7, 11) is 0. The van der Waals surface area contributed by atoms with Gasteiger partial charge in [0.1, 0.15) is 10.8 Å². The minimum atomic E-state index is -0.0987. The predicted molar refractivity (Wildman–Crippen MR) is 94.7 cm³/mol. The van der Waals surface area contributed by atoms with E-state index in [1.807, 2.05) is 28.3 Å². The molecule has 0 spiro atoms. The topological polar surface area (TPSA) is 72.7 Å². The van der Waals surface area contributed by atoms with Crippen LogP contribution in [0.25, 0.3) is 10.7 Å². The summed E-state index contributed by atoms with van der Waals surface area (Å²) in [5, 5.41) is 9.86. The highest BCUT2D eigenvalue weighted by Crippen LogP contribution is 2.21. The maximum Gasteiger partial charge on any atom is 0.231 e. The summed E-state index contributed by atoms with van der Waals surface area (Å²) in [6.07, 6.45) is 3.66. The van der Waals surface area contributed by atoms with E-state index in [2.05, 4.69) is 34.2 Å². The van der Waals surface area contributed by atoms with Gasteiger partial charge in [0.25, 0.3) is 0 Å². The van der Waals surface area contributed by atoms with Crippen molar-refractivity contribution in [1.29, 1.82) is 0 Å². The van der Waals surface area contributed by atoms with Gasteiger partial charge in [-0.15, -0.1) is 11.3 Å². The van der Waals surface area contributed by atoms with Crippen LogP contribution in [-0.4, -0.2) is 25.7 Å². The molecule has 3 heterocycles. The van der Waals surface area contributed by atoms with Gasteiger partial charge in [-0.2, -0.15) is 5.10 Å². The van der Waals surface area contributed by atoms with Crippen LogP contribution in [0.15, 0.2) is 42.0 Å². The van der Waals surface area contributed by atoms with Gasteiger partial charge in [-0.05, 0) is 18.1 Å². The Bertz CT molecular complexity index is 809. The third kappa shape index (κ3) is 4.05. The normalized spacial score (nSPS) is 11.0. The molecule has 0 aliphatic heterocycles. The molecule has 124 valence electrons. The number of pyridine rings is 1. The summed E-state index contributed by atoms with van der Waals surface area (Å²) in [4.78, 5) is 21.0. The van der Waals surface area contributed by atoms with Crippen molar-refractivity contribution in [3.05, 3.63) is 47.7 Å². The number of carbonyl (C=O) groups excluding carboxylic acids is 1. The smallest absolute Gasteiger partial charge is 0.231 e. The number of rotatable bonds is 6. The first kappa shape index (κ1) is 16.3. The molecular formula is C17H19N5OS. The largest absolute Gasteiger partial charge is 0.311 e. The van der Waals surface area contributed by atoms with E-state index in [4.69, 9.17) is 0 Å². The molecule has 0 bridgehead atoms. The maximum absolute atomic E-state index is 12.3. The zero-order valence-electron chi connectivity index (χ0n) is 13.6. The number of nitrogens with one attached hydrogen (secondary N) is 1. The van der Waals surface area contributed by atoms with Crippen molar-refractivity contribution in [1.82, 2.24) is 19.7 Å². The average Bonchev–Trinajstić information content (AvgIpc) is 3.18. The van der Waals surface area contributed by atoms with E-state index in [-0.39, 0.29) is 12.3 Å². The van der Waals surface area contributed by atoms with Crippen LogP contribution < -0.4 is 5.32 Å². The van der Waals surface area contributed by atoms with Crippen molar-refractivity contribution < 1.29 is 4.79 Å². The Morgan fingerprint density at radius 2 is 2.17 bits per heavy atom. The van der Waals surface area contributed by atoms with Gasteiger partial charge >= 0.3 is 0 Å². The zero-order valence-corrected chi connectivity index (χ0v) is 14.5. The van der Waals surface area contributed by atoms with E-state index in [1.165, 1.54) is 11.3 Å². The van der Waals surface area contributed by atoms with Crippen LogP contribution in [0.3, 0.4) is 0 Å². The van der Waals surface area contributed by atoms with E-state index in [0.717, 1.165) is 22.9 Å². The van der Waals surface area contributed by atoms with Gasteiger partial charge in [-0.3, -0.25) is 9.78 Å². The van der Waals surface area contributed by atoms with E-state index in [1.54, 1.807) is 18.5 Å². The number of nitrogens with zero attached hydrogens (tertiary/aromatic N) is 4. The minimum absolute atomic E-state index is 0.0987. The van der Waals surface area contributed by atoms with Crippen LogP contribution in [0.5, 0.6) is 0 Å². The predicted octanol–water partition coefficient (Wildman–Crippen LogP) is 3.24. The van der Waals surface area contributed by atoms with Crippen LogP contribution in [0.4, 0.5) is 5.82 Å². The lowest BCUT2D eigenvalue weighted by atomic mass is 10.2. The summed E-state index contributed by atoms with van der Waals surface area (Å²) in [6.45, 7) is 4.99. The van der Waals surface area contributed by atoms with Gasteiger partial charge in [0.2, 0.25) is 5.91 Å². The molecule has 24 heavy (non-hydrogen) atoms. The van der Waals surface area contributed by atoms with Crippen LogP contribution in [0.2, 0.25) is 0 Å². The molecule has 0 saturated carbocycles. The summed E-state index contributed by atoms with van der Waals surface area (Å²) in [6, 6.07) is 7.51. The van der Waals surface area contributed by atoms with E-state index in [9.17, 15) is 4.79 Å². The molecule has 0 atom stereocenters. The third-order valence-corrected chi connectivity index (χ3v) is 4.21. The molecule has 0 aliphatic carbocycles. The number of thiazole rings is 1. The maximum atomic E-state index is 12.3. The summed E-state index contributed by atoms with van der Waals surface area (Å²) >= 11 is 1.49. The van der Waals surface area contributed by atoms with Crippen molar-refractivity contribution in [3.8, 4) is 10.7 Å². The Balaban J connectivity index is 1.64. The number of anilines is 1. The molecule has 1 N–H and O–H groups in total. The second kappa shape index (κ2) is 7.35. The lowest BCUT2D eigenvalue weighted by molar-refractivity contribution is -0.115. The van der Waals surface area contributed by atoms with Gasteiger partial charge < -0.3 is 5.32 Å². The van der Waals surface area contributed by atoms with Crippen LogP contribution in [-0.2, 0) is 17.8 Å². The number of amides is 1. The highest BCUT2D eigenvalue weighted by Gasteiger charge is 2.12. The van der Waals surface area contributed by atoms with Crippen molar-refractivity contribution in [2.45, 2.75) is 26.8 Å². The van der Waals surface area contributed by atoms with Crippen molar-refractivity contribution in [3.63, 3.8) is 0 Å². The highest BCUT2D eigenvalue weighted by atomic mass is 32.1. The molecule has 6 nitrogen and oxygen atoms in total. The fourth-order valence-electron chi connectivity index (χ4n) is 2.28. The first-order chi connectivity index (χ1) is 11.6. The Labute approximate surface area is 144 Å². The summed E-state index contributed by atoms with van der Waals surface area (Å²) in [5.74, 6) is 1.08. The van der Waals surface area contributed by atoms with E-state index in [0.29, 0.717) is 11.7 Å². The Morgan fingerprint density at radius 3 is 2.92 bits per heavy atom.